The van der Waals surface area contributed by atoms with Crippen molar-refractivity contribution in [2.75, 3.05) is 5.32 Å². The third kappa shape index (κ3) is 4.55. The predicted molar refractivity (Wildman–Crippen MR) is 101 cm³/mol. The number of hydrogen-bond acceptors (Lipinski definition) is 3. The van der Waals surface area contributed by atoms with E-state index < -0.39 is 5.91 Å². The second-order valence-corrected chi connectivity index (χ2v) is 6.10. The molecule has 2 aromatic carbocycles. The van der Waals surface area contributed by atoms with Crippen molar-refractivity contribution >= 4 is 17.4 Å². The molecule has 136 valence electrons. The van der Waals surface area contributed by atoms with Gasteiger partial charge in [-0.25, -0.2) is 4.39 Å². The molecule has 1 N–H and O–H groups in total. The van der Waals surface area contributed by atoms with Gasteiger partial charge in [0.15, 0.2) is 5.78 Å². The number of nitrogens with zero attached hydrogens (tertiary/aromatic N) is 1. The van der Waals surface area contributed by atoms with E-state index in [4.69, 9.17) is 0 Å². The molecule has 1 amide bonds. The Balaban J connectivity index is 1.82. The molecule has 6 heteroatoms. The van der Waals surface area contributed by atoms with Crippen molar-refractivity contribution in [1.82, 2.24) is 4.57 Å². The van der Waals surface area contributed by atoms with Crippen LogP contribution in [0.15, 0.2) is 71.7 Å². The van der Waals surface area contributed by atoms with Gasteiger partial charge in [0.05, 0.1) is 12.1 Å². The number of ketones is 1. The number of benzene rings is 2. The summed E-state index contributed by atoms with van der Waals surface area (Å²) in [6.07, 6.45) is 1.43. The van der Waals surface area contributed by atoms with Crippen LogP contribution in [-0.4, -0.2) is 16.3 Å². The highest BCUT2D eigenvalue weighted by molar-refractivity contribution is 6.04. The molecule has 0 fully saturated rings. The highest BCUT2D eigenvalue weighted by Gasteiger charge is 2.10. The number of carbonyl (C=O) groups excluding carboxylic acids is 2. The Morgan fingerprint density at radius 2 is 1.78 bits per heavy atom. The number of halogens is 1. The number of pyridine rings is 1. The molecule has 0 spiro atoms. The van der Waals surface area contributed by atoms with Gasteiger partial charge in [-0.05, 0) is 42.8 Å². The topological polar surface area (TPSA) is 68.2 Å². The third-order valence-corrected chi connectivity index (χ3v) is 4.01. The molecule has 0 radical (unpaired) electrons. The Morgan fingerprint density at radius 1 is 1.00 bits per heavy atom. The van der Waals surface area contributed by atoms with E-state index in [1.165, 1.54) is 42.0 Å². The van der Waals surface area contributed by atoms with Crippen LogP contribution in [0.2, 0.25) is 0 Å². The average molecular weight is 364 g/mol. The number of Topliss-reactive ketones (excluding diaryl/α,β-unsaturated/α-hetero) is 1. The van der Waals surface area contributed by atoms with Crippen LogP contribution in [0.4, 0.5) is 10.1 Å². The molecular weight excluding hydrogens is 347 g/mol. The van der Waals surface area contributed by atoms with Crippen molar-refractivity contribution in [1.29, 1.82) is 0 Å². The standard InChI is InChI=1S/C21H17FN2O3/c1-14(25)16-5-3-7-19(11-16)23-21(27)17-8-9-20(26)24(13-17)12-15-4-2-6-18(22)10-15/h2-11,13H,12H2,1H3,(H,23,27). The molecule has 0 atom stereocenters. The third-order valence-electron chi connectivity index (χ3n) is 4.01. The quantitative estimate of drug-likeness (QED) is 0.705. The molecule has 0 aliphatic rings. The monoisotopic (exact) mass is 364 g/mol. The van der Waals surface area contributed by atoms with Gasteiger partial charge in [-0.15, -0.1) is 0 Å². The maximum atomic E-state index is 13.3. The molecule has 0 unspecified atom stereocenters. The number of anilines is 1. The van der Waals surface area contributed by atoms with Crippen LogP contribution < -0.4 is 10.9 Å². The van der Waals surface area contributed by atoms with Gasteiger partial charge < -0.3 is 9.88 Å². The van der Waals surface area contributed by atoms with Gasteiger partial charge in [-0.2, -0.15) is 0 Å². The lowest BCUT2D eigenvalue weighted by atomic mass is 10.1. The van der Waals surface area contributed by atoms with E-state index in [9.17, 15) is 18.8 Å². The van der Waals surface area contributed by atoms with Gasteiger partial charge in [0.25, 0.3) is 11.5 Å². The van der Waals surface area contributed by atoms with Crippen LogP contribution in [-0.2, 0) is 6.54 Å². The first-order valence-electron chi connectivity index (χ1n) is 8.30. The fourth-order valence-electron chi connectivity index (χ4n) is 2.64. The van der Waals surface area contributed by atoms with E-state index in [0.717, 1.165) is 0 Å². The van der Waals surface area contributed by atoms with Gasteiger partial charge >= 0.3 is 0 Å². The normalized spacial score (nSPS) is 10.4. The number of rotatable bonds is 5. The lowest BCUT2D eigenvalue weighted by molar-refractivity contribution is 0.101. The Labute approximate surface area is 155 Å². The summed E-state index contributed by atoms with van der Waals surface area (Å²) in [7, 11) is 0. The first-order valence-corrected chi connectivity index (χ1v) is 8.30. The predicted octanol–water partition coefficient (Wildman–Crippen LogP) is 3.49. The number of carbonyl (C=O) groups is 2. The summed E-state index contributed by atoms with van der Waals surface area (Å²) in [5.74, 6) is -0.904. The first-order chi connectivity index (χ1) is 12.9. The average Bonchev–Trinajstić information content (AvgIpc) is 2.63. The van der Waals surface area contributed by atoms with Gasteiger partial charge in [0, 0.05) is 23.5 Å². The zero-order valence-electron chi connectivity index (χ0n) is 14.6. The lowest BCUT2D eigenvalue weighted by Crippen LogP contribution is -2.22. The Morgan fingerprint density at radius 3 is 2.52 bits per heavy atom. The molecule has 0 aliphatic carbocycles. The number of hydrogen-bond donors (Lipinski definition) is 1. The molecule has 3 rings (SSSR count). The van der Waals surface area contributed by atoms with Crippen molar-refractivity contribution in [2.45, 2.75) is 13.5 Å². The van der Waals surface area contributed by atoms with Crippen molar-refractivity contribution in [2.24, 2.45) is 0 Å². The highest BCUT2D eigenvalue weighted by Crippen LogP contribution is 2.13. The smallest absolute Gasteiger partial charge is 0.257 e. The molecule has 27 heavy (non-hydrogen) atoms. The summed E-state index contributed by atoms with van der Waals surface area (Å²) >= 11 is 0. The number of aromatic nitrogens is 1. The van der Waals surface area contributed by atoms with Crippen LogP contribution in [0.3, 0.4) is 0 Å². The van der Waals surface area contributed by atoms with Crippen molar-refractivity contribution in [3.8, 4) is 0 Å². The van der Waals surface area contributed by atoms with E-state index in [2.05, 4.69) is 5.32 Å². The maximum absolute atomic E-state index is 13.3. The second kappa shape index (κ2) is 7.78. The summed E-state index contributed by atoms with van der Waals surface area (Å²) in [4.78, 5) is 36.0. The minimum absolute atomic E-state index is 0.102. The van der Waals surface area contributed by atoms with Crippen molar-refractivity contribution in [3.63, 3.8) is 0 Å². The van der Waals surface area contributed by atoms with E-state index in [-0.39, 0.29) is 29.3 Å². The molecular formula is C21H17FN2O3. The molecule has 3 aromatic rings. The van der Waals surface area contributed by atoms with Crippen LogP contribution in [0.5, 0.6) is 0 Å². The van der Waals surface area contributed by atoms with E-state index in [1.54, 1.807) is 36.4 Å². The van der Waals surface area contributed by atoms with E-state index >= 15 is 0 Å². The largest absolute Gasteiger partial charge is 0.322 e. The molecule has 1 heterocycles. The van der Waals surface area contributed by atoms with Gasteiger partial charge in [-0.1, -0.05) is 24.3 Å². The molecule has 0 bridgehead atoms. The number of amides is 1. The summed E-state index contributed by atoms with van der Waals surface area (Å²) in [6.45, 7) is 1.60. The van der Waals surface area contributed by atoms with E-state index in [0.29, 0.717) is 16.8 Å². The summed E-state index contributed by atoms with van der Waals surface area (Å²) in [6, 6.07) is 15.3. The zero-order chi connectivity index (χ0) is 19.4. The van der Waals surface area contributed by atoms with Crippen LogP contribution in [0, 0.1) is 5.82 Å². The summed E-state index contributed by atoms with van der Waals surface area (Å²) in [5.41, 5.74) is 1.57. The molecule has 1 aromatic heterocycles. The van der Waals surface area contributed by atoms with Gasteiger partial charge in [-0.3, -0.25) is 14.4 Å². The van der Waals surface area contributed by atoms with Crippen LogP contribution in [0.1, 0.15) is 33.2 Å². The summed E-state index contributed by atoms with van der Waals surface area (Å²) in [5, 5.41) is 2.71. The fourth-order valence-corrected chi connectivity index (χ4v) is 2.64. The van der Waals surface area contributed by atoms with Crippen molar-refractivity contribution < 1.29 is 14.0 Å². The molecule has 0 saturated carbocycles. The molecule has 0 aliphatic heterocycles. The highest BCUT2D eigenvalue weighted by atomic mass is 19.1. The Hall–Kier alpha value is -3.54. The molecule has 0 saturated heterocycles. The fraction of sp³-hybridized carbons (Fsp3) is 0.0952. The first kappa shape index (κ1) is 18.3. The Bertz CT molecular complexity index is 1070. The lowest BCUT2D eigenvalue weighted by Gasteiger charge is -2.10. The Kier molecular flexibility index (Phi) is 5.26. The maximum Gasteiger partial charge on any atom is 0.257 e. The van der Waals surface area contributed by atoms with Crippen molar-refractivity contribution in [3.05, 3.63) is 99.7 Å². The minimum atomic E-state index is -0.413. The minimum Gasteiger partial charge on any atom is -0.322 e. The van der Waals surface area contributed by atoms with Crippen LogP contribution >= 0.6 is 0 Å². The van der Waals surface area contributed by atoms with Crippen LogP contribution in [0.25, 0.3) is 0 Å². The summed E-state index contributed by atoms with van der Waals surface area (Å²) < 4.78 is 14.7. The van der Waals surface area contributed by atoms with Gasteiger partial charge in [0.1, 0.15) is 5.82 Å². The molecule has 5 nitrogen and oxygen atoms in total. The second-order valence-electron chi connectivity index (χ2n) is 6.10. The zero-order valence-corrected chi connectivity index (χ0v) is 14.6. The number of nitrogens with one attached hydrogen (secondary N) is 1. The van der Waals surface area contributed by atoms with Gasteiger partial charge in [0.2, 0.25) is 0 Å². The SMILES string of the molecule is CC(=O)c1cccc(NC(=O)c2ccc(=O)n(Cc3cccc(F)c3)c2)c1. The van der Waals surface area contributed by atoms with E-state index in [1.807, 2.05) is 0 Å².